The Morgan fingerprint density at radius 1 is 0.743 bits per heavy atom. The maximum Gasteiger partial charge on any atom is 0.0541 e. The molecule has 0 aromatic heterocycles. The maximum absolute atomic E-state index is 3.91. The highest BCUT2D eigenvalue weighted by Gasteiger charge is 2.61. The molecular weight excluding hydrogens is 488 g/mol. The number of halogens is 1. The Balaban J connectivity index is 1.58. The first-order valence-electron chi connectivity index (χ1n) is 12.2. The molecule has 4 aromatic rings. The Kier molecular flexibility index (Phi) is 4.36. The predicted octanol–water partition coefficient (Wildman–Crippen LogP) is 9.09. The van der Waals surface area contributed by atoms with Crippen molar-refractivity contribution in [3.63, 3.8) is 0 Å². The third-order valence-corrected chi connectivity index (χ3v) is 9.02. The largest absolute Gasteiger partial charge is 0.0985 e. The van der Waals surface area contributed by atoms with Crippen molar-refractivity contribution in [3.8, 4) is 22.3 Å². The van der Waals surface area contributed by atoms with E-state index in [4.69, 9.17) is 0 Å². The Labute approximate surface area is 215 Å². The molecule has 0 N–H and O–H groups in total. The van der Waals surface area contributed by atoms with E-state index in [1.165, 1.54) is 44.5 Å². The van der Waals surface area contributed by atoms with E-state index in [-0.39, 0.29) is 10.8 Å². The summed E-state index contributed by atoms with van der Waals surface area (Å²) in [6.45, 7) is 6.32. The third-order valence-electron chi connectivity index (χ3n) is 8.52. The van der Waals surface area contributed by atoms with Gasteiger partial charge in [0.05, 0.1) is 5.41 Å². The van der Waals surface area contributed by atoms with Crippen LogP contribution >= 0.6 is 15.9 Å². The Morgan fingerprint density at radius 3 is 2.34 bits per heavy atom. The molecule has 168 valence electrons. The third kappa shape index (κ3) is 2.62. The zero-order chi connectivity index (χ0) is 23.8. The summed E-state index contributed by atoms with van der Waals surface area (Å²) in [6.07, 6.45) is 11.2. The van der Waals surface area contributed by atoms with E-state index < -0.39 is 0 Å². The van der Waals surface area contributed by atoms with Gasteiger partial charge in [-0.3, -0.25) is 0 Å². The monoisotopic (exact) mass is 512 g/mol. The zero-order valence-electron chi connectivity index (χ0n) is 19.6. The summed E-state index contributed by atoms with van der Waals surface area (Å²) in [4.78, 5) is 0. The number of benzene rings is 4. The van der Waals surface area contributed by atoms with Gasteiger partial charge in [0.15, 0.2) is 0 Å². The molecule has 3 unspecified atom stereocenters. The number of hydrogen-bond acceptors (Lipinski definition) is 0. The molecule has 0 saturated heterocycles. The molecule has 1 heteroatoms. The lowest BCUT2D eigenvalue weighted by Gasteiger charge is -2.40. The summed E-state index contributed by atoms with van der Waals surface area (Å²) < 4.78 is 1.13. The van der Waals surface area contributed by atoms with Crippen LogP contribution in [0.1, 0.15) is 34.7 Å². The van der Waals surface area contributed by atoms with Gasteiger partial charge in [0.25, 0.3) is 0 Å². The lowest BCUT2D eigenvalue weighted by Crippen LogP contribution is -2.38. The summed E-state index contributed by atoms with van der Waals surface area (Å²) in [5, 5.41) is 0. The summed E-state index contributed by atoms with van der Waals surface area (Å²) in [5.41, 5.74) is 11.7. The van der Waals surface area contributed by atoms with Crippen molar-refractivity contribution in [2.24, 2.45) is 5.92 Å². The fourth-order valence-electron chi connectivity index (χ4n) is 6.99. The summed E-state index contributed by atoms with van der Waals surface area (Å²) >= 11 is 3.81. The molecule has 0 heterocycles. The average Bonchev–Trinajstić information content (AvgIpc) is 3.31. The second-order valence-electron chi connectivity index (χ2n) is 10.1. The number of allylic oxidation sites excluding steroid dienone is 4. The highest BCUT2D eigenvalue weighted by Crippen LogP contribution is 2.67. The van der Waals surface area contributed by atoms with Crippen LogP contribution in [0.5, 0.6) is 0 Å². The van der Waals surface area contributed by atoms with E-state index in [9.17, 15) is 0 Å². The molecule has 3 atom stereocenters. The van der Waals surface area contributed by atoms with Gasteiger partial charge < -0.3 is 0 Å². The summed E-state index contributed by atoms with van der Waals surface area (Å²) in [6, 6.07) is 31.7. The van der Waals surface area contributed by atoms with Crippen molar-refractivity contribution in [3.05, 3.63) is 148 Å². The van der Waals surface area contributed by atoms with E-state index in [1.807, 2.05) is 6.08 Å². The van der Waals surface area contributed by atoms with Gasteiger partial charge in [-0.2, -0.15) is 0 Å². The standard InChI is InChI=1S/C34H25Br/c1-3-22-11-13-23(14-12-22)24-15-17-27-26-8-4-5-9-28(26)34(30(27)20-24)31-21-25(35)16-18-29(31)33(2)19-7-6-10-32(33)34/h3-21,32H,1H2,2H3. The molecular formula is C34H25Br. The predicted molar refractivity (Wildman–Crippen MR) is 151 cm³/mol. The van der Waals surface area contributed by atoms with Gasteiger partial charge >= 0.3 is 0 Å². The first-order chi connectivity index (χ1) is 17.1. The summed E-state index contributed by atoms with van der Waals surface area (Å²) in [5.74, 6) is 0.296. The molecule has 7 rings (SSSR count). The second kappa shape index (κ2) is 7.29. The molecule has 35 heavy (non-hydrogen) atoms. The molecule has 3 aliphatic rings. The molecule has 0 radical (unpaired) electrons. The minimum absolute atomic E-state index is 0.0683. The van der Waals surface area contributed by atoms with Crippen LogP contribution < -0.4 is 0 Å². The highest BCUT2D eigenvalue weighted by atomic mass is 79.9. The normalized spacial score (nSPS) is 24.7. The van der Waals surface area contributed by atoms with Gasteiger partial charge in [-0.05, 0) is 68.3 Å². The molecule has 0 bridgehead atoms. The second-order valence-corrected chi connectivity index (χ2v) is 11.1. The van der Waals surface area contributed by atoms with Crippen molar-refractivity contribution in [1.82, 2.24) is 0 Å². The van der Waals surface area contributed by atoms with Crippen LogP contribution in [0.2, 0.25) is 0 Å². The molecule has 4 aromatic carbocycles. The van der Waals surface area contributed by atoms with Gasteiger partial charge in [0, 0.05) is 15.8 Å². The van der Waals surface area contributed by atoms with Crippen LogP contribution in [0.15, 0.2) is 120 Å². The van der Waals surface area contributed by atoms with Crippen LogP contribution in [0.25, 0.3) is 28.3 Å². The lowest BCUT2D eigenvalue weighted by molar-refractivity contribution is 0.372. The van der Waals surface area contributed by atoms with Crippen LogP contribution in [-0.4, -0.2) is 0 Å². The number of fused-ring (bicyclic) bond motifs is 10. The van der Waals surface area contributed by atoms with Gasteiger partial charge in [-0.1, -0.05) is 127 Å². The van der Waals surface area contributed by atoms with Crippen LogP contribution in [0.4, 0.5) is 0 Å². The molecule has 0 saturated carbocycles. The van der Waals surface area contributed by atoms with Gasteiger partial charge in [-0.15, -0.1) is 0 Å². The van der Waals surface area contributed by atoms with Crippen molar-refractivity contribution < 1.29 is 0 Å². The van der Waals surface area contributed by atoms with E-state index in [1.54, 1.807) is 0 Å². The smallest absolute Gasteiger partial charge is 0.0541 e. The molecule has 1 spiro atoms. The topological polar surface area (TPSA) is 0 Å². The number of rotatable bonds is 2. The zero-order valence-corrected chi connectivity index (χ0v) is 21.2. The molecule has 0 aliphatic heterocycles. The van der Waals surface area contributed by atoms with Crippen molar-refractivity contribution >= 4 is 22.0 Å². The minimum Gasteiger partial charge on any atom is -0.0985 e. The van der Waals surface area contributed by atoms with Crippen LogP contribution in [0, 0.1) is 5.92 Å². The lowest BCUT2D eigenvalue weighted by atomic mass is 9.61. The van der Waals surface area contributed by atoms with E-state index in [2.05, 4.69) is 139 Å². The van der Waals surface area contributed by atoms with Gasteiger partial charge in [-0.25, -0.2) is 0 Å². The summed E-state index contributed by atoms with van der Waals surface area (Å²) in [7, 11) is 0. The Bertz CT molecular complexity index is 1590. The van der Waals surface area contributed by atoms with E-state index in [0.29, 0.717) is 5.92 Å². The van der Waals surface area contributed by atoms with Crippen LogP contribution in [-0.2, 0) is 10.8 Å². The van der Waals surface area contributed by atoms with Crippen molar-refractivity contribution in [1.29, 1.82) is 0 Å². The fourth-order valence-corrected chi connectivity index (χ4v) is 7.36. The van der Waals surface area contributed by atoms with E-state index >= 15 is 0 Å². The molecule has 0 amide bonds. The first-order valence-corrected chi connectivity index (χ1v) is 13.0. The first kappa shape index (κ1) is 20.9. The van der Waals surface area contributed by atoms with Crippen molar-refractivity contribution in [2.45, 2.75) is 17.8 Å². The quantitative estimate of drug-likeness (QED) is 0.251. The van der Waals surface area contributed by atoms with Gasteiger partial charge in [0.1, 0.15) is 0 Å². The minimum atomic E-state index is -0.238. The molecule has 0 fully saturated rings. The molecule has 0 nitrogen and oxygen atoms in total. The van der Waals surface area contributed by atoms with Gasteiger partial charge in [0.2, 0.25) is 0 Å². The Morgan fingerprint density at radius 2 is 1.51 bits per heavy atom. The van der Waals surface area contributed by atoms with Crippen LogP contribution in [0.3, 0.4) is 0 Å². The highest BCUT2D eigenvalue weighted by molar-refractivity contribution is 9.10. The van der Waals surface area contributed by atoms with E-state index in [0.717, 1.165) is 10.0 Å². The molecule has 3 aliphatic carbocycles. The Hall–Kier alpha value is -3.42. The fraction of sp³-hybridized carbons (Fsp3) is 0.118. The SMILES string of the molecule is C=Cc1ccc(-c2ccc3c(c2)C2(c4ccccc4-3)c3cc(Br)ccc3C3(C)C=CC=CC32)cc1. The average molecular weight is 513 g/mol. The maximum atomic E-state index is 3.91. The van der Waals surface area contributed by atoms with Crippen molar-refractivity contribution in [2.75, 3.05) is 0 Å². The number of hydrogen-bond donors (Lipinski definition) is 0.